The van der Waals surface area contributed by atoms with E-state index in [-0.39, 0.29) is 5.56 Å². The molecule has 0 aliphatic rings. The summed E-state index contributed by atoms with van der Waals surface area (Å²) in [6.45, 7) is 0. The van der Waals surface area contributed by atoms with Crippen molar-refractivity contribution in [2.24, 2.45) is 0 Å². The van der Waals surface area contributed by atoms with E-state index in [0.29, 0.717) is 22.1 Å². The summed E-state index contributed by atoms with van der Waals surface area (Å²) in [5.74, 6) is -1.04. The Hall–Kier alpha value is -2.20. The van der Waals surface area contributed by atoms with Crippen LogP contribution in [0.25, 0.3) is 0 Å². The highest BCUT2D eigenvalue weighted by Crippen LogP contribution is 2.30. The van der Waals surface area contributed by atoms with Gasteiger partial charge in [-0.25, -0.2) is 4.79 Å². The molecule has 2 aromatic carbocycles. The second kappa shape index (κ2) is 4.98. The van der Waals surface area contributed by atoms with E-state index < -0.39 is 5.97 Å². The number of para-hydroxylation sites is 2. The second-order valence-electron chi connectivity index (χ2n) is 3.68. The van der Waals surface area contributed by atoms with Crippen LogP contribution in [0.3, 0.4) is 0 Å². The van der Waals surface area contributed by atoms with Crippen molar-refractivity contribution >= 4 is 34.6 Å². The molecule has 0 saturated carbocycles. The zero-order valence-corrected chi connectivity index (χ0v) is 10.1. The number of nitrogen functional groups attached to an aromatic ring is 1. The number of benzene rings is 2. The molecule has 4 nitrogen and oxygen atoms in total. The molecule has 4 N–H and O–H groups in total. The second-order valence-corrected chi connectivity index (χ2v) is 4.09. The molecule has 0 radical (unpaired) electrons. The van der Waals surface area contributed by atoms with Gasteiger partial charge >= 0.3 is 5.97 Å². The Balaban J connectivity index is 2.46. The van der Waals surface area contributed by atoms with E-state index in [1.807, 2.05) is 0 Å². The van der Waals surface area contributed by atoms with Crippen LogP contribution in [0, 0.1) is 0 Å². The minimum atomic E-state index is -1.04. The lowest BCUT2D eigenvalue weighted by atomic mass is 10.1. The largest absolute Gasteiger partial charge is 0.478 e. The summed E-state index contributed by atoms with van der Waals surface area (Å²) >= 11 is 6.01. The molecule has 2 aromatic rings. The van der Waals surface area contributed by atoms with Gasteiger partial charge < -0.3 is 16.2 Å². The van der Waals surface area contributed by atoms with E-state index in [4.69, 9.17) is 22.4 Å². The summed E-state index contributed by atoms with van der Waals surface area (Å²) in [7, 11) is 0. The minimum Gasteiger partial charge on any atom is -0.478 e. The average molecular weight is 263 g/mol. The normalized spacial score (nSPS) is 10.1. The Morgan fingerprint density at radius 1 is 1.17 bits per heavy atom. The molecule has 18 heavy (non-hydrogen) atoms. The number of hydrogen-bond donors (Lipinski definition) is 3. The summed E-state index contributed by atoms with van der Waals surface area (Å²) in [4.78, 5) is 11.1. The topological polar surface area (TPSA) is 75.4 Å². The standard InChI is InChI=1S/C13H11ClN2O2/c14-9-5-1-2-7-11(9)16-12-8(13(17)18)4-3-6-10(12)15/h1-7,16H,15H2,(H,17,18). The first-order valence-corrected chi connectivity index (χ1v) is 5.60. The van der Waals surface area contributed by atoms with Gasteiger partial charge in [0.25, 0.3) is 0 Å². The van der Waals surface area contributed by atoms with Crippen LogP contribution in [-0.2, 0) is 0 Å². The number of nitrogens with two attached hydrogens (primary N) is 1. The third-order valence-electron chi connectivity index (χ3n) is 2.46. The summed E-state index contributed by atoms with van der Waals surface area (Å²) in [5.41, 5.74) is 7.21. The maximum absolute atomic E-state index is 11.1. The quantitative estimate of drug-likeness (QED) is 0.742. The van der Waals surface area contributed by atoms with E-state index in [1.165, 1.54) is 6.07 Å². The lowest BCUT2D eigenvalue weighted by Gasteiger charge is -2.13. The van der Waals surface area contributed by atoms with E-state index in [2.05, 4.69) is 5.32 Å². The van der Waals surface area contributed by atoms with E-state index in [1.54, 1.807) is 36.4 Å². The number of carboxylic acids is 1. The molecule has 0 aliphatic carbocycles. The van der Waals surface area contributed by atoms with Crippen LogP contribution in [0.2, 0.25) is 5.02 Å². The molecule has 5 heteroatoms. The molecule has 0 atom stereocenters. The van der Waals surface area contributed by atoms with E-state index in [9.17, 15) is 4.79 Å². The maximum atomic E-state index is 11.1. The molecule has 0 fully saturated rings. The molecule has 0 aromatic heterocycles. The van der Waals surface area contributed by atoms with Crippen molar-refractivity contribution < 1.29 is 9.90 Å². The molecule has 0 amide bonds. The lowest BCUT2D eigenvalue weighted by Crippen LogP contribution is -2.05. The van der Waals surface area contributed by atoms with Gasteiger partial charge in [0.1, 0.15) is 0 Å². The molecule has 0 aliphatic heterocycles. The zero-order chi connectivity index (χ0) is 13.1. The van der Waals surface area contributed by atoms with Crippen LogP contribution in [0.1, 0.15) is 10.4 Å². The summed E-state index contributed by atoms with van der Waals surface area (Å²) < 4.78 is 0. The third kappa shape index (κ3) is 2.38. The molecule has 2 rings (SSSR count). The van der Waals surface area contributed by atoms with E-state index in [0.717, 1.165) is 0 Å². The molecule has 0 spiro atoms. The van der Waals surface area contributed by atoms with Gasteiger partial charge in [-0.3, -0.25) is 0 Å². The van der Waals surface area contributed by atoms with Crippen molar-refractivity contribution in [3.05, 3.63) is 53.1 Å². The monoisotopic (exact) mass is 262 g/mol. The van der Waals surface area contributed by atoms with Crippen molar-refractivity contribution in [3.8, 4) is 0 Å². The number of nitrogens with one attached hydrogen (secondary N) is 1. The number of hydrogen-bond acceptors (Lipinski definition) is 3. The Labute approximate surface area is 109 Å². The van der Waals surface area contributed by atoms with Gasteiger partial charge in [0, 0.05) is 0 Å². The van der Waals surface area contributed by atoms with E-state index >= 15 is 0 Å². The number of anilines is 3. The Morgan fingerprint density at radius 3 is 2.56 bits per heavy atom. The Morgan fingerprint density at radius 2 is 1.89 bits per heavy atom. The van der Waals surface area contributed by atoms with Crippen LogP contribution < -0.4 is 11.1 Å². The van der Waals surface area contributed by atoms with Crippen LogP contribution in [0.5, 0.6) is 0 Å². The number of halogens is 1. The molecule has 0 heterocycles. The lowest BCUT2D eigenvalue weighted by molar-refractivity contribution is 0.0698. The smallest absolute Gasteiger partial charge is 0.337 e. The van der Waals surface area contributed by atoms with Gasteiger partial charge in [-0.2, -0.15) is 0 Å². The van der Waals surface area contributed by atoms with Crippen molar-refractivity contribution in [3.63, 3.8) is 0 Å². The molecule has 0 bridgehead atoms. The summed E-state index contributed by atoms with van der Waals surface area (Å²) in [6, 6.07) is 11.8. The molecule has 0 unspecified atom stereocenters. The highest BCUT2D eigenvalue weighted by atomic mass is 35.5. The average Bonchev–Trinajstić information content (AvgIpc) is 2.34. The SMILES string of the molecule is Nc1cccc(C(=O)O)c1Nc1ccccc1Cl. The van der Waals surface area contributed by atoms with Gasteiger partial charge in [0.2, 0.25) is 0 Å². The molecule has 92 valence electrons. The van der Waals surface area contributed by atoms with Crippen LogP contribution in [0.15, 0.2) is 42.5 Å². The predicted octanol–water partition coefficient (Wildman–Crippen LogP) is 3.36. The van der Waals surface area contributed by atoms with Gasteiger partial charge in [-0.05, 0) is 24.3 Å². The zero-order valence-electron chi connectivity index (χ0n) is 9.35. The highest BCUT2D eigenvalue weighted by Gasteiger charge is 2.13. The third-order valence-corrected chi connectivity index (χ3v) is 2.79. The van der Waals surface area contributed by atoms with Gasteiger partial charge in [0.15, 0.2) is 0 Å². The van der Waals surface area contributed by atoms with Gasteiger partial charge in [-0.15, -0.1) is 0 Å². The Bertz CT molecular complexity index is 599. The van der Waals surface area contributed by atoms with Crippen molar-refractivity contribution in [2.75, 3.05) is 11.1 Å². The molecular weight excluding hydrogens is 252 g/mol. The van der Waals surface area contributed by atoms with Crippen molar-refractivity contribution in [2.45, 2.75) is 0 Å². The van der Waals surface area contributed by atoms with Gasteiger partial charge in [0.05, 0.1) is 27.6 Å². The molecule has 0 saturated heterocycles. The fraction of sp³-hybridized carbons (Fsp3) is 0. The maximum Gasteiger partial charge on any atom is 0.337 e. The minimum absolute atomic E-state index is 0.106. The Kier molecular flexibility index (Phi) is 3.39. The first-order valence-electron chi connectivity index (χ1n) is 5.23. The van der Waals surface area contributed by atoms with Crippen molar-refractivity contribution in [1.29, 1.82) is 0 Å². The van der Waals surface area contributed by atoms with Crippen LogP contribution >= 0.6 is 11.6 Å². The van der Waals surface area contributed by atoms with Gasteiger partial charge in [-0.1, -0.05) is 29.8 Å². The summed E-state index contributed by atoms with van der Waals surface area (Å²) in [5, 5.41) is 12.6. The predicted molar refractivity (Wildman–Crippen MR) is 72.5 cm³/mol. The fourth-order valence-corrected chi connectivity index (χ4v) is 1.77. The van der Waals surface area contributed by atoms with Crippen LogP contribution in [-0.4, -0.2) is 11.1 Å². The first-order chi connectivity index (χ1) is 8.59. The number of aromatic carboxylic acids is 1. The van der Waals surface area contributed by atoms with Crippen LogP contribution in [0.4, 0.5) is 17.1 Å². The first kappa shape index (κ1) is 12.3. The number of carbonyl (C=O) groups is 1. The molecular formula is C13H11ClN2O2. The number of rotatable bonds is 3. The van der Waals surface area contributed by atoms with Crippen molar-refractivity contribution in [1.82, 2.24) is 0 Å². The highest BCUT2D eigenvalue weighted by molar-refractivity contribution is 6.33. The number of carboxylic acid groups (broad SMARTS) is 1. The summed E-state index contributed by atoms with van der Waals surface area (Å²) in [6.07, 6.45) is 0. The fourth-order valence-electron chi connectivity index (χ4n) is 1.59.